The Bertz CT molecular complexity index is 1090. The molecule has 2 fully saturated rings. The maximum atomic E-state index is 13.2. The third-order valence-corrected chi connectivity index (χ3v) is 6.86. The van der Waals surface area contributed by atoms with E-state index in [9.17, 15) is 14.7 Å². The monoisotopic (exact) mass is 444 g/mol. The van der Waals surface area contributed by atoms with Crippen LogP contribution < -0.4 is 10.9 Å². The van der Waals surface area contributed by atoms with Crippen molar-refractivity contribution in [3.8, 4) is 0 Å². The van der Waals surface area contributed by atoms with E-state index in [2.05, 4.69) is 10.3 Å². The maximum absolute atomic E-state index is 13.2. The van der Waals surface area contributed by atoms with E-state index in [1.165, 1.54) is 22.6 Å². The molecule has 0 spiro atoms. The second-order valence-electron chi connectivity index (χ2n) is 7.56. The quantitative estimate of drug-likeness (QED) is 0.542. The molecule has 9 heteroatoms. The van der Waals surface area contributed by atoms with Crippen molar-refractivity contribution in [1.29, 1.82) is 0 Å². The number of fused-ring (bicyclic) bond motifs is 1. The summed E-state index contributed by atoms with van der Waals surface area (Å²) in [6.45, 7) is 2.03. The average Bonchev–Trinajstić information content (AvgIpc) is 3.03. The summed E-state index contributed by atoms with van der Waals surface area (Å²) in [4.78, 5) is 33.1. The van der Waals surface area contributed by atoms with Gasteiger partial charge in [-0.3, -0.25) is 18.9 Å². The van der Waals surface area contributed by atoms with Crippen molar-refractivity contribution < 1.29 is 9.90 Å². The number of thiocarbonyl (C=S) groups is 1. The van der Waals surface area contributed by atoms with Gasteiger partial charge < -0.3 is 10.4 Å². The van der Waals surface area contributed by atoms with Crippen LogP contribution in [0, 0.1) is 6.92 Å². The molecule has 0 radical (unpaired) electrons. The fourth-order valence-corrected chi connectivity index (χ4v) is 5.40. The van der Waals surface area contributed by atoms with E-state index >= 15 is 0 Å². The summed E-state index contributed by atoms with van der Waals surface area (Å²) in [5, 5.41) is 12.2. The van der Waals surface area contributed by atoms with E-state index in [0.717, 1.165) is 31.2 Å². The van der Waals surface area contributed by atoms with Crippen molar-refractivity contribution in [3.63, 3.8) is 0 Å². The number of rotatable bonds is 5. The molecule has 0 atom stereocenters. The zero-order valence-corrected chi connectivity index (χ0v) is 18.4. The van der Waals surface area contributed by atoms with Crippen molar-refractivity contribution in [2.75, 3.05) is 18.5 Å². The molecule has 4 rings (SSSR count). The van der Waals surface area contributed by atoms with Crippen LogP contribution in [0.4, 0.5) is 5.82 Å². The number of pyridine rings is 1. The van der Waals surface area contributed by atoms with Gasteiger partial charge in [-0.25, -0.2) is 4.98 Å². The number of aliphatic hydroxyl groups excluding tert-OH is 1. The first-order valence-electron chi connectivity index (χ1n) is 10.1. The minimum atomic E-state index is -0.271. The highest BCUT2D eigenvalue weighted by Crippen LogP contribution is 2.37. The number of nitrogens with one attached hydrogen (secondary N) is 1. The number of hydrogen-bond acceptors (Lipinski definition) is 7. The first kappa shape index (κ1) is 21.0. The van der Waals surface area contributed by atoms with E-state index in [0.29, 0.717) is 20.7 Å². The fourth-order valence-electron chi connectivity index (χ4n) is 4.02. The first-order valence-corrected chi connectivity index (χ1v) is 11.4. The lowest BCUT2D eigenvalue weighted by Crippen LogP contribution is -2.39. The average molecular weight is 445 g/mol. The van der Waals surface area contributed by atoms with Crippen LogP contribution in [0.2, 0.25) is 0 Å². The van der Waals surface area contributed by atoms with E-state index in [1.807, 2.05) is 13.0 Å². The molecule has 0 unspecified atom stereocenters. The number of thioether (sulfide) groups is 1. The molecule has 3 heterocycles. The van der Waals surface area contributed by atoms with Gasteiger partial charge in [0.05, 0.1) is 17.1 Å². The Hall–Kier alpha value is -2.23. The van der Waals surface area contributed by atoms with Gasteiger partial charge >= 0.3 is 0 Å². The second-order valence-corrected chi connectivity index (χ2v) is 9.23. The van der Waals surface area contributed by atoms with Crippen molar-refractivity contribution in [2.45, 2.75) is 45.1 Å². The molecule has 158 valence electrons. The minimum absolute atomic E-state index is 0.0991. The normalized spacial score (nSPS) is 19.3. The van der Waals surface area contributed by atoms with E-state index in [4.69, 9.17) is 12.2 Å². The lowest BCUT2D eigenvalue weighted by atomic mass is 9.94. The molecule has 30 heavy (non-hydrogen) atoms. The van der Waals surface area contributed by atoms with Gasteiger partial charge in [0.15, 0.2) is 0 Å². The van der Waals surface area contributed by atoms with Crippen molar-refractivity contribution in [3.05, 3.63) is 44.7 Å². The van der Waals surface area contributed by atoms with Gasteiger partial charge in [-0.05, 0) is 37.5 Å². The zero-order chi connectivity index (χ0) is 21.3. The molecule has 0 aromatic carbocycles. The number of hydrogen-bond donors (Lipinski definition) is 2. The molecular formula is C21H24N4O3S2. The topological polar surface area (TPSA) is 86.9 Å². The molecular weight excluding hydrogens is 420 g/mol. The van der Waals surface area contributed by atoms with Gasteiger partial charge in [-0.15, -0.1) is 0 Å². The van der Waals surface area contributed by atoms with Crippen LogP contribution in [0.3, 0.4) is 0 Å². The van der Waals surface area contributed by atoms with Crippen LogP contribution in [-0.4, -0.2) is 48.8 Å². The number of carbonyl (C=O) groups excluding carboxylic acids is 1. The summed E-state index contributed by atoms with van der Waals surface area (Å²) in [7, 11) is 0. The molecule has 1 amide bonds. The van der Waals surface area contributed by atoms with Crippen LogP contribution in [0.5, 0.6) is 0 Å². The second kappa shape index (κ2) is 8.87. The number of amides is 1. The first-order chi connectivity index (χ1) is 14.5. The van der Waals surface area contributed by atoms with E-state index in [-0.39, 0.29) is 36.2 Å². The Balaban J connectivity index is 1.77. The Morgan fingerprint density at radius 1 is 1.33 bits per heavy atom. The standard InChI is InChI=1S/C21H24N4O3S2/c1-13-6-5-10-24-18(13)23-17(22-9-11-26)15(19(24)27)12-16-20(28)25(21(29)30-16)14-7-3-2-4-8-14/h5-6,10,12,14,22,26H,2-4,7-9,11H2,1H3/b16-12-. The number of carbonyl (C=O) groups is 1. The van der Waals surface area contributed by atoms with E-state index in [1.54, 1.807) is 23.2 Å². The van der Waals surface area contributed by atoms with Gasteiger partial charge in [0.2, 0.25) is 0 Å². The van der Waals surface area contributed by atoms with Crippen LogP contribution in [0.15, 0.2) is 28.0 Å². The van der Waals surface area contributed by atoms with Crippen molar-refractivity contribution in [2.24, 2.45) is 0 Å². The minimum Gasteiger partial charge on any atom is -0.395 e. The van der Waals surface area contributed by atoms with Gasteiger partial charge in [0, 0.05) is 18.8 Å². The number of aromatic nitrogens is 2. The predicted molar refractivity (Wildman–Crippen MR) is 124 cm³/mol. The Morgan fingerprint density at radius 3 is 2.83 bits per heavy atom. The van der Waals surface area contributed by atoms with Gasteiger partial charge in [-0.2, -0.15) is 0 Å². The maximum Gasteiger partial charge on any atom is 0.267 e. The van der Waals surface area contributed by atoms with Gasteiger partial charge in [0.25, 0.3) is 11.5 Å². The molecule has 1 aliphatic carbocycles. The highest BCUT2D eigenvalue weighted by Gasteiger charge is 2.37. The summed E-state index contributed by atoms with van der Waals surface area (Å²) < 4.78 is 2.03. The zero-order valence-electron chi connectivity index (χ0n) is 16.8. The number of nitrogens with zero attached hydrogens (tertiary/aromatic N) is 3. The Labute approximate surface area is 184 Å². The smallest absolute Gasteiger partial charge is 0.267 e. The number of anilines is 1. The predicted octanol–water partition coefficient (Wildman–Crippen LogP) is 2.94. The Kier molecular flexibility index (Phi) is 6.21. The molecule has 1 saturated heterocycles. The summed E-state index contributed by atoms with van der Waals surface area (Å²) in [5.74, 6) is 0.213. The van der Waals surface area contributed by atoms with Gasteiger partial charge in [0.1, 0.15) is 15.8 Å². The fraction of sp³-hybridized carbons (Fsp3) is 0.429. The van der Waals surface area contributed by atoms with Gasteiger partial charge in [-0.1, -0.05) is 49.3 Å². The highest BCUT2D eigenvalue weighted by atomic mass is 32.2. The molecule has 7 nitrogen and oxygen atoms in total. The van der Waals surface area contributed by atoms with Crippen LogP contribution in [0.25, 0.3) is 11.7 Å². The molecule has 0 bridgehead atoms. The third-order valence-electron chi connectivity index (χ3n) is 5.53. The van der Waals surface area contributed by atoms with Crippen LogP contribution in [-0.2, 0) is 4.79 Å². The summed E-state index contributed by atoms with van der Waals surface area (Å²) >= 11 is 6.74. The lowest BCUT2D eigenvalue weighted by Gasteiger charge is -2.29. The van der Waals surface area contributed by atoms with Crippen LogP contribution in [0.1, 0.15) is 43.2 Å². The van der Waals surface area contributed by atoms with Crippen molar-refractivity contribution >= 4 is 51.7 Å². The summed E-state index contributed by atoms with van der Waals surface area (Å²) in [6, 6.07) is 3.81. The summed E-state index contributed by atoms with van der Waals surface area (Å²) in [6.07, 6.45) is 8.57. The molecule has 2 N–H and O–H groups in total. The third kappa shape index (κ3) is 3.89. The molecule has 1 aliphatic heterocycles. The molecule has 1 saturated carbocycles. The Morgan fingerprint density at radius 2 is 2.10 bits per heavy atom. The molecule has 2 aliphatic rings. The largest absolute Gasteiger partial charge is 0.395 e. The van der Waals surface area contributed by atoms with E-state index < -0.39 is 0 Å². The highest BCUT2D eigenvalue weighted by molar-refractivity contribution is 8.26. The van der Waals surface area contributed by atoms with Crippen LogP contribution >= 0.6 is 24.0 Å². The number of aliphatic hydroxyl groups is 1. The lowest BCUT2D eigenvalue weighted by molar-refractivity contribution is -0.124. The molecule has 2 aromatic rings. The SMILES string of the molecule is Cc1cccn2c(=O)c(/C=C3\SC(=S)N(C4CCCCC4)C3=O)c(NCCO)nc12. The number of aryl methyl sites for hydroxylation is 1. The molecule has 2 aromatic heterocycles. The van der Waals surface area contributed by atoms with Crippen molar-refractivity contribution in [1.82, 2.24) is 14.3 Å². The summed E-state index contributed by atoms with van der Waals surface area (Å²) in [5.41, 5.74) is 1.41.